The summed E-state index contributed by atoms with van der Waals surface area (Å²) in [7, 11) is 0. The first-order valence-electron chi connectivity index (χ1n) is 6.82. The summed E-state index contributed by atoms with van der Waals surface area (Å²) in [5, 5.41) is 3.54. The molecule has 0 aliphatic carbocycles. The van der Waals surface area contributed by atoms with Crippen LogP contribution in [0.5, 0.6) is 0 Å². The van der Waals surface area contributed by atoms with Gasteiger partial charge in [-0.05, 0) is 50.6 Å². The number of rotatable bonds is 4. The lowest BCUT2D eigenvalue weighted by Crippen LogP contribution is -2.39. The maximum atomic E-state index is 12.0. The van der Waals surface area contributed by atoms with E-state index in [0.717, 1.165) is 43.5 Å². The fourth-order valence-corrected chi connectivity index (χ4v) is 2.56. The summed E-state index contributed by atoms with van der Waals surface area (Å²) in [5.41, 5.74) is 1.63. The topological polar surface area (TPSA) is 49.4 Å². The molecule has 1 aliphatic heterocycles. The molecule has 1 amide bonds. The molecule has 0 atom stereocenters. The van der Waals surface area contributed by atoms with Crippen molar-refractivity contribution < 1.29 is 9.59 Å². The number of carbonyl (C=O) groups excluding carboxylic acids is 2. The van der Waals surface area contributed by atoms with Crippen molar-refractivity contribution in [2.24, 2.45) is 5.92 Å². The molecule has 1 heterocycles. The van der Waals surface area contributed by atoms with Gasteiger partial charge in [0.25, 0.3) is 0 Å². The molecule has 20 heavy (non-hydrogen) atoms. The number of nitrogens with zero attached hydrogens (tertiary/aromatic N) is 1. The number of anilines is 1. The number of likely N-dealkylation sites (tertiary alicyclic amines) is 1. The quantitative estimate of drug-likeness (QED) is 0.868. The van der Waals surface area contributed by atoms with Gasteiger partial charge in [-0.1, -0.05) is 17.7 Å². The van der Waals surface area contributed by atoms with Crippen molar-refractivity contribution in [3.63, 3.8) is 0 Å². The van der Waals surface area contributed by atoms with Gasteiger partial charge in [-0.15, -0.1) is 0 Å². The van der Waals surface area contributed by atoms with Crippen LogP contribution in [0.15, 0.2) is 18.2 Å². The monoisotopic (exact) mass is 294 g/mol. The zero-order valence-electron chi connectivity index (χ0n) is 11.6. The number of amides is 1. The van der Waals surface area contributed by atoms with E-state index in [1.807, 2.05) is 19.1 Å². The van der Waals surface area contributed by atoms with Gasteiger partial charge >= 0.3 is 0 Å². The number of carbonyl (C=O) groups is 2. The van der Waals surface area contributed by atoms with Crippen molar-refractivity contribution >= 4 is 29.5 Å². The van der Waals surface area contributed by atoms with E-state index in [1.165, 1.54) is 0 Å². The zero-order chi connectivity index (χ0) is 14.5. The lowest BCUT2D eigenvalue weighted by atomic mass is 9.99. The first-order chi connectivity index (χ1) is 9.60. The van der Waals surface area contributed by atoms with E-state index in [-0.39, 0.29) is 11.8 Å². The smallest absolute Gasteiger partial charge is 0.238 e. The predicted octanol–water partition coefficient (Wildman–Crippen LogP) is 2.50. The Bertz CT molecular complexity index is 497. The number of hydrogen-bond donors (Lipinski definition) is 1. The van der Waals surface area contributed by atoms with Crippen molar-refractivity contribution in [2.45, 2.75) is 19.8 Å². The average molecular weight is 295 g/mol. The summed E-state index contributed by atoms with van der Waals surface area (Å²) < 4.78 is 0. The van der Waals surface area contributed by atoms with Gasteiger partial charge in [-0.2, -0.15) is 0 Å². The molecule has 1 saturated heterocycles. The Morgan fingerprint density at radius 2 is 2.15 bits per heavy atom. The highest BCUT2D eigenvalue weighted by atomic mass is 35.5. The molecule has 1 aliphatic rings. The molecule has 0 aromatic heterocycles. The van der Waals surface area contributed by atoms with Crippen LogP contribution in [0.1, 0.15) is 18.4 Å². The second-order valence-corrected chi connectivity index (χ2v) is 5.62. The van der Waals surface area contributed by atoms with Gasteiger partial charge in [0.2, 0.25) is 5.91 Å². The molecule has 0 bridgehead atoms. The minimum atomic E-state index is -0.0417. The second-order valence-electron chi connectivity index (χ2n) is 5.21. The molecule has 1 fully saturated rings. The second kappa shape index (κ2) is 6.86. The molecule has 108 valence electrons. The van der Waals surface area contributed by atoms with Gasteiger partial charge < -0.3 is 10.1 Å². The number of nitrogens with one attached hydrogen (secondary N) is 1. The maximum absolute atomic E-state index is 12.0. The van der Waals surface area contributed by atoms with Crippen LogP contribution in [-0.4, -0.2) is 36.7 Å². The van der Waals surface area contributed by atoms with Crippen LogP contribution >= 0.6 is 11.6 Å². The molecule has 1 aromatic rings. The van der Waals surface area contributed by atoms with Crippen molar-refractivity contribution in [1.82, 2.24) is 4.90 Å². The Kier molecular flexibility index (Phi) is 5.15. The predicted molar refractivity (Wildman–Crippen MR) is 80.0 cm³/mol. The number of halogens is 1. The van der Waals surface area contributed by atoms with E-state index in [2.05, 4.69) is 10.2 Å². The van der Waals surface area contributed by atoms with Crippen LogP contribution in [0.4, 0.5) is 5.69 Å². The fraction of sp³-hybridized carbons (Fsp3) is 0.467. The van der Waals surface area contributed by atoms with Crippen LogP contribution < -0.4 is 5.32 Å². The zero-order valence-corrected chi connectivity index (χ0v) is 12.3. The Morgan fingerprint density at radius 3 is 2.80 bits per heavy atom. The highest BCUT2D eigenvalue weighted by Gasteiger charge is 2.20. The molecule has 1 N–H and O–H groups in total. The molecule has 0 saturated carbocycles. The molecule has 0 spiro atoms. The third kappa shape index (κ3) is 3.81. The van der Waals surface area contributed by atoms with E-state index >= 15 is 0 Å². The summed E-state index contributed by atoms with van der Waals surface area (Å²) in [6.45, 7) is 3.84. The van der Waals surface area contributed by atoms with Gasteiger partial charge in [0.05, 0.1) is 6.54 Å². The van der Waals surface area contributed by atoms with Gasteiger partial charge in [-0.3, -0.25) is 9.69 Å². The lowest BCUT2D eigenvalue weighted by molar-refractivity contribution is -0.117. The van der Waals surface area contributed by atoms with Crippen molar-refractivity contribution in [3.8, 4) is 0 Å². The summed E-state index contributed by atoms with van der Waals surface area (Å²) >= 11 is 6.03. The highest BCUT2D eigenvalue weighted by Crippen LogP contribution is 2.23. The average Bonchev–Trinajstić information content (AvgIpc) is 2.45. The van der Waals surface area contributed by atoms with Gasteiger partial charge in [0, 0.05) is 16.6 Å². The summed E-state index contributed by atoms with van der Waals surface area (Å²) in [4.78, 5) is 24.8. The van der Waals surface area contributed by atoms with E-state index in [1.54, 1.807) is 6.07 Å². The molecule has 2 rings (SSSR count). The molecular formula is C15H19ClN2O2. The molecule has 0 unspecified atom stereocenters. The molecule has 1 aromatic carbocycles. The van der Waals surface area contributed by atoms with E-state index in [9.17, 15) is 9.59 Å². The van der Waals surface area contributed by atoms with Crippen molar-refractivity contribution in [1.29, 1.82) is 0 Å². The van der Waals surface area contributed by atoms with Crippen molar-refractivity contribution in [2.75, 3.05) is 25.0 Å². The van der Waals surface area contributed by atoms with Gasteiger partial charge in [-0.25, -0.2) is 0 Å². The normalized spacial score (nSPS) is 16.9. The van der Waals surface area contributed by atoms with Gasteiger partial charge in [0.15, 0.2) is 0 Å². The Morgan fingerprint density at radius 1 is 1.45 bits per heavy atom. The largest absolute Gasteiger partial charge is 0.325 e. The van der Waals surface area contributed by atoms with Crippen LogP contribution in [0, 0.1) is 12.8 Å². The number of piperidine rings is 1. The standard InChI is InChI=1S/C15H19ClN2O2/c1-11-13(16)3-2-4-14(11)17-15(20)9-18-7-5-12(10-19)6-8-18/h2-4,10,12H,5-9H2,1H3,(H,17,20). The summed E-state index contributed by atoms with van der Waals surface area (Å²) in [5.74, 6) is 0.115. The highest BCUT2D eigenvalue weighted by molar-refractivity contribution is 6.31. The molecule has 0 radical (unpaired) electrons. The SMILES string of the molecule is Cc1c(Cl)cccc1NC(=O)CN1CCC(C=O)CC1. The Labute approximate surface area is 124 Å². The van der Waals surface area contributed by atoms with Crippen molar-refractivity contribution in [3.05, 3.63) is 28.8 Å². The van der Waals surface area contributed by atoms with E-state index in [0.29, 0.717) is 11.6 Å². The van der Waals surface area contributed by atoms with E-state index in [4.69, 9.17) is 11.6 Å². The third-order valence-electron chi connectivity index (χ3n) is 3.73. The lowest BCUT2D eigenvalue weighted by Gasteiger charge is -2.28. The molecule has 4 nitrogen and oxygen atoms in total. The van der Waals surface area contributed by atoms with Crippen LogP contribution in [-0.2, 0) is 9.59 Å². The fourth-order valence-electron chi connectivity index (χ4n) is 2.38. The number of hydrogen-bond acceptors (Lipinski definition) is 3. The first-order valence-corrected chi connectivity index (χ1v) is 7.20. The number of aldehydes is 1. The maximum Gasteiger partial charge on any atom is 0.238 e. The first kappa shape index (κ1) is 15.0. The van der Waals surface area contributed by atoms with Crippen LogP contribution in [0.25, 0.3) is 0 Å². The molecule has 5 heteroatoms. The van der Waals surface area contributed by atoms with E-state index < -0.39 is 0 Å². The Balaban J connectivity index is 1.87. The van der Waals surface area contributed by atoms with Gasteiger partial charge in [0.1, 0.15) is 6.29 Å². The molecular weight excluding hydrogens is 276 g/mol. The van der Waals surface area contributed by atoms with Crippen LogP contribution in [0.3, 0.4) is 0 Å². The van der Waals surface area contributed by atoms with Crippen LogP contribution in [0.2, 0.25) is 5.02 Å². The Hall–Kier alpha value is -1.39. The summed E-state index contributed by atoms with van der Waals surface area (Å²) in [6.07, 6.45) is 2.70. The summed E-state index contributed by atoms with van der Waals surface area (Å²) in [6, 6.07) is 5.47. The third-order valence-corrected chi connectivity index (χ3v) is 4.14. The minimum Gasteiger partial charge on any atom is -0.325 e. The minimum absolute atomic E-state index is 0.0417. The number of benzene rings is 1.